The Morgan fingerprint density at radius 1 is 0.688 bits per heavy atom. The quantitative estimate of drug-likeness (QED) is 0.0626. The molecule has 0 heterocycles. The van der Waals surface area contributed by atoms with Gasteiger partial charge in [-0.15, -0.1) is 0 Å². The number of rotatable bonds is 9. The van der Waals surface area contributed by atoms with E-state index >= 15 is 0 Å². The van der Waals surface area contributed by atoms with Crippen LogP contribution in [0.25, 0.3) is 17.2 Å². The van der Waals surface area contributed by atoms with Gasteiger partial charge in [-0.2, -0.15) is 18.6 Å². The van der Waals surface area contributed by atoms with Crippen molar-refractivity contribution < 1.29 is 32.5 Å². The molecule has 0 aliphatic heterocycles. The van der Waals surface area contributed by atoms with Gasteiger partial charge in [-0.05, 0) is 89.5 Å². The summed E-state index contributed by atoms with van der Waals surface area (Å²) in [7, 11) is -4.78. The Morgan fingerprint density at radius 3 is 1.90 bits per heavy atom. The van der Waals surface area contributed by atoms with Crippen molar-refractivity contribution in [3.63, 3.8) is 0 Å². The summed E-state index contributed by atoms with van der Waals surface area (Å²) < 4.78 is 34.4. The molecular weight excluding hydrogens is 634 g/mol. The van der Waals surface area contributed by atoms with Crippen molar-refractivity contribution in [3.05, 3.63) is 137 Å². The van der Waals surface area contributed by atoms with E-state index in [0.29, 0.717) is 22.6 Å². The van der Waals surface area contributed by atoms with Gasteiger partial charge in [0.1, 0.15) is 10.5 Å². The molecule has 12 nitrogen and oxygen atoms in total. The molecule has 4 aromatic carbocycles. The average Bonchev–Trinajstić information content (AvgIpc) is 3.08. The maximum Gasteiger partial charge on any atom is 0.339 e. The van der Waals surface area contributed by atoms with Gasteiger partial charge in [-0.3, -0.25) is 25.0 Å². The van der Waals surface area contributed by atoms with E-state index in [0.717, 1.165) is 22.9 Å². The van der Waals surface area contributed by atoms with E-state index in [1.807, 2.05) is 42.5 Å². The Kier molecular flexibility index (Phi) is 8.62. The number of fused-ring (bicyclic) bond motifs is 1. The van der Waals surface area contributed by atoms with Crippen LogP contribution >= 0.6 is 0 Å². The number of anilines is 4. The molecule has 2 aliphatic carbocycles. The predicted molar refractivity (Wildman–Crippen MR) is 184 cm³/mol. The number of hydrogen-bond donors (Lipinski definition) is 5. The number of benzene rings is 4. The SMILES string of the molecule is O=C(O)C1=C/C(=N\Nc2ccc(-c3ccc(N/N=C4\C(=O)c5cc(Nc6ccccc6)ccc5C=C4S(=O)(=O)O)cc3)cc2)C=CC1=O. The normalized spacial score (nSPS) is 15.9. The van der Waals surface area contributed by atoms with Gasteiger partial charge in [0.05, 0.1) is 17.1 Å². The third-order valence-electron chi connectivity index (χ3n) is 7.28. The van der Waals surface area contributed by atoms with E-state index in [2.05, 4.69) is 26.4 Å². The Labute approximate surface area is 274 Å². The van der Waals surface area contributed by atoms with E-state index in [9.17, 15) is 27.4 Å². The van der Waals surface area contributed by atoms with Crippen LogP contribution in [0.1, 0.15) is 15.9 Å². The molecule has 0 radical (unpaired) electrons. The molecule has 4 aromatic rings. The zero-order valence-corrected chi connectivity index (χ0v) is 25.6. The van der Waals surface area contributed by atoms with Crippen LogP contribution in [0.4, 0.5) is 22.7 Å². The fourth-order valence-corrected chi connectivity index (χ4v) is 5.53. The molecule has 0 saturated carbocycles. The largest absolute Gasteiger partial charge is 0.478 e. The zero-order valence-electron chi connectivity index (χ0n) is 24.8. The molecule has 0 bridgehead atoms. The number of carboxylic acids is 1. The van der Waals surface area contributed by atoms with Crippen LogP contribution in [0, 0.1) is 0 Å². The number of para-hydroxylation sites is 1. The first-order valence-corrected chi connectivity index (χ1v) is 15.7. The standard InChI is InChI=1S/C35H25N5O7S/c41-31-17-16-28(20-30(31)35(43)44)39-37-25-11-6-21(7-12-25)22-8-13-26(14-9-22)38-40-33-32(48(45,46)47)18-23-10-15-27(19-29(23)34(33)42)36-24-4-2-1-3-5-24/h1-20,36-38H,(H,43,44)(H,45,46,47)/b39-28-,40-33-. The van der Waals surface area contributed by atoms with E-state index in [4.69, 9.17) is 5.11 Å². The number of hydrogen-bond acceptors (Lipinski definition) is 10. The Balaban J connectivity index is 1.16. The van der Waals surface area contributed by atoms with Crippen molar-refractivity contribution in [2.45, 2.75) is 0 Å². The summed E-state index contributed by atoms with van der Waals surface area (Å²) in [5.41, 5.74) is 9.76. The molecule has 0 amide bonds. The molecule has 0 aromatic heterocycles. The van der Waals surface area contributed by atoms with Gasteiger partial charge in [0.2, 0.25) is 5.78 Å². The van der Waals surface area contributed by atoms with Gasteiger partial charge in [0.25, 0.3) is 10.1 Å². The van der Waals surface area contributed by atoms with Gasteiger partial charge >= 0.3 is 5.97 Å². The number of carbonyl (C=O) groups is 3. The molecule has 13 heteroatoms. The van der Waals surface area contributed by atoms with Crippen molar-refractivity contribution in [3.8, 4) is 11.1 Å². The lowest BCUT2D eigenvalue weighted by Gasteiger charge is -2.17. The second-order valence-corrected chi connectivity index (χ2v) is 11.9. The first-order valence-electron chi connectivity index (χ1n) is 14.3. The summed E-state index contributed by atoms with van der Waals surface area (Å²) in [6, 6.07) is 28.4. The van der Waals surface area contributed by atoms with Gasteiger partial charge in [0.15, 0.2) is 11.5 Å². The summed E-state index contributed by atoms with van der Waals surface area (Å²) in [4.78, 5) is 35.7. The summed E-state index contributed by atoms with van der Waals surface area (Å²) in [5.74, 6) is -2.60. The minimum Gasteiger partial charge on any atom is -0.478 e. The molecule has 5 N–H and O–H groups in total. The van der Waals surface area contributed by atoms with Crippen molar-refractivity contribution in [2.24, 2.45) is 10.2 Å². The highest BCUT2D eigenvalue weighted by Gasteiger charge is 2.33. The lowest BCUT2D eigenvalue weighted by atomic mass is 9.94. The first-order chi connectivity index (χ1) is 23.0. The second kappa shape index (κ2) is 13.1. The smallest absolute Gasteiger partial charge is 0.339 e. The van der Waals surface area contributed by atoms with Crippen LogP contribution in [-0.4, -0.2) is 47.0 Å². The van der Waals surface area contributed by atoms with Crippen molar-refractivity contribution in [1.29, 1.82) is 0 Å². The van der Waals surface area contributed by atoms with Crippen molar-refractivity contribution in [2.75, 3.05) is 16.2 Å². The fourth-order valence-electron chi connectivity index (χ4n) is 4.87. The third-order valence-corrected chi connectivity index (χ3v) is 8.15. The van der Waals surface area contributed by atoms with Crippen molar-refractivity contribution >= 4 is 67.9 Å². The topological polar surface area (TPSA) is 187 Å². The third kappa shape index (κ3) is 7.02. The number of hydrazone groups is 2. The number of carbonyl (C=O) groups excluding carboxylic acids is 2. The fraction of sp³-hybridized carbons (Fsp3) is 0. The van der Waals surface area contributed by atoms with E-state index in [-0.39, 0.29) is 16.8 Å². The molecule has 48 heavy (non-hydrogen) atoms. The summed E-state index contributed by atoms with van der Waals surface area (Å²) in [5, 5.41) is 20.6. The van der Waals surface area contributed by atoms with Crippen molar-refractivity contribution in [1.82, 2.24) is 0 Å². The van der Waals surface area contributed by atoms with Crippen LogP contribution in [0.15, 0.2) is 136 Å². The number of nitrogens with zero attached hydrogens (tertiary/aromatic N) is 2. The Bertz CT molecular complexity index is 2220. The molecular formula is C35H25N5O7S. The maximum atomic E-state index is 13.5. The summed E-state index contributed by atoms with van der Waals surface area (Å²) >= 11 is 0. The molecule has 0 fully saturated rings. The van der Waals surface area contributed by atoms with Crippen LogP contribution in [-0.2, 0) is 19.7 Å². The highest BCUT2D eigenvalue weighted by Crippen LogP contribution is 2.30. The highest BCUT2D eigenvalue weighted by atomic mass is 32.2. The number of allylic oxidation sites excluding steroid dienone is 4. The molecule has 0 unspecified atom stereocenters. The van der Waals surface area contributed by atoms with Crippen LogP contribution in [0.5, 0.6) is 0 Å². The molecule has 0 saturated heterocycles. The average molecular weight is 660 g/mol. The van der Waals surface area contributed by atoms with E-state index < -0.39 is 38.3 Å². The van der Waals surface area contributed by atoms with Gasteiger partial charge in [-0.1, -0.05) is 48.5 Å². The highest BCUT2D eigenvalue weighted by molar-refractivity contribution is 7.91. The number of Topliss-reactive ketones (excluding diaryl/α,β-unsaturated/α-hetero) is 1. The Morgan fingerprint density at radius 2 is 1.29 bits per heavy atom. The number of carboxylic acid groups (broad SMARTS) is 1. The van der Waals surface area contributed by atoms with E-state index in [1.165, 1.54) is 18.2 Å². The minimum absolute atomic E-state index is 0.218. The van der Waals surface area contributed by atoms with Gasteiger partial charge in [-0.25, -0.2) is 4.79 Å². The predicted octanol–water partition coefficient (Wildman–Crippen LogP) is 5.91. The summed E-state index contributed by atoms with van der Waals surface area (Å²) in [6.45, 7) is 0. The second-order valence-electron chi connectivity index (χ2n) is 10.5. The van der Waals surface area contributed by atoms with Gasteiger partial charge in [0, 0.05) is 16.9 Å². The molecule has 0 atom stereocenters. The molecule has 238 valence electrons. The summed E-state index contributed by atoms with van der Waals surface area (Å²) in [6.07, 6.45) is 4.97. The maximum absolute atomic E-state index is 13.5. The number of aliphatic carboxylic acids is 1. The molecule has 6 rings (SSSR count). The van der Waals surface area contributed by atoms with Crippen LogP contribution < -0.4 is 16.2 Å². The number of ketones is 2. The molecule has 2 aliphatic rings. The van der Waals surface area contributed by atoms with E-state index in [1.54, 1.807) is 54.6 Å². The first kappa shape index (κ1) is 31.5. The molecule has 0 spiro atoms. The zero-order chi connectivity index (χ0) is 33.8. The lowest BCUT2D eigenvalue weighted by Crippen LogP contribution is -2.27. The van der Waals surface area contributed by atoms with Gasteiger partial charge < -0.3 is 10.4 Å². The lowest BCUT2D eigenvalue weighted by molar-refractivity contribution is -0.134. The Hall–Kier alpha value is -6.44. The monoisotopic (exact) mass is 659 g/mol. The van der Waals surface area contributed by atoms with Crippen LogP contribution in [0.3, 0.4) is 0 Å². The minimum atomic E-state index is -4.78. The number of nitrogens with one attached hydrogen (secondary N) is 3. The van der Waals surface area contributed by atoms with Crippen LogP contribution in [0.2, 0.25) is 0 Å².